The van der Waals surface area contributed by atoms with Gasteiger partial charge in [-0.15, -0.1) is 0 Å². The van der Waals surface area contributed by atoms with Gasteiger partial charge in [-0.2, -0.15) is 0 Å². The minimum absolute atomic E-state index is 0.0857. The molecule has 3 rings (SSSR count). The highest BCUT2D eigenvalue weighted by Crippen LogP contribution is 2.47. The van der Waals surface area contributed by atoms with Crippen LogP contribution in [0.1, 0.15) is 59.3 Å². The molecule has 2 bridgehead atoms. The Hall–Kier alpha value is -1.78. The molecule has 0 saturated heterocycles. The van der Waals surface area contributed by atoms with Crippen molar-refractivity contribution in [3.63, 3.8) is 0 Å². The van der Waals surface area contributed by atoms with Crippen molar-refractivity contribution in [3.8, 4) is 0 Å². The fourth-order valence-corrected chi connectivity index (χ4v) is 3.92. The molecule has 1 aromatic heterocycles. The zero-order chi connectivity index (χ0) is 15.0. The number of rotatable bonds is 5. The van der Waals surface area contributed by atoms with E-state index in [9.17, 15) is 9.59 Å². The smallest absolute Gasteiger partial charge is 0.339 e. The van der Waals surface area contributed by atoms with Crippen LogP contribution in [0.5, 0.6) is 0 Å². The molecule has 1 aromatic rings. The first-order valence-electron chi connectivity index (χ1n) is 7.72. The van der Waals surface area contributed by atoms with Crippen LogP contribution in [0.4, 0.5) is 0 Å². The number of carboxylic acids is 1. The second-order valence-electron chi connectivity index (χ2n) is 6.25. The van der Waals surface area contributed by atoms with Crippen LogP contribution in [-0.4, -0.2) is 23.5 Å². The fraction of sp³-hybridized carbons (Fsp3) is 0.625. The molecule has 2 fully saturated rings. The molecule has 2 saturated carbocycles. The summed E-state index contributed by atoms with van der Waals surface area (Å²) in [4.78, 5) is 23.2. The SMILES string of the molecule is CCc1oc(C(=O)NCC2CC3CCC2C3)cc1C(=O)O. The number of carbonyl (C=O) groups is 2. The van der Waals surface area contributed by atoms with E-state index in [4.69, 9.17) is 9.52 Å². The number of aryl methyl sites for hydroxylation is 1. The second kappa shape index (κ2) is 5.54. The van der Waals surface area contributed by atoms with Crippen LogP contribution in [0.3, 0.4) is 0 Å². The van der Waals surface area contributed by atoms with E-state index in [0.29, 0.717) is 24.6 Å². The lowest BCUT2D eigenvalue weighted by Crippen LogP contribution is -2.31. The van der Waals surface area contributed by atoms with Crippen molar-refractivity contribution in [2.45, 2.75) is 39.0 Å². The maximum Gasteiger partial charge on any atom is 0.339 e. The lowest BCUT2D eigenvalue weighted by molar-refractivity contribution is 0.0694. The monoisotopic (exact) mass is 291 g/mol. The maximum absolute atomic E-state index is 12.1. The van der Waals surface area contributed by atoms with Crippen molar-refractivity contribution in [1.82, 2.24) is 5.32 Å². The van der Waals surface area contributed by atoms with E-state index in [-0.39, 0.29) is 17.2 Å². The summed E-state index contributed by atoms with van der Waals surface area (Å²) in [6.07, 6.45) is 5.61. The van der Waals surface area contributed by atoms with Gasteiger partial charge in [-0.3, -0.25) is 4.79 Å². The van der Waals surface area contributed by atoms with E-state index >= 15 is 0 Å². The van der Waals surface area contributed by atoms with Crippen LogP contribution in [0, 0.1) is 17.8 Å². The minimum Gasteiger partial charge on any atom is -0.478 e. The van der Waals surface area contributed by atoms with Crippen LogP contribution in [0.15, 0.2) is 10.5 Å². The highest BCUT2D eigenvalue weighted by Gasteiger charge is 2.39. The number of amides is 1. The van der Waals surface area contributed by atoms with E-state index in [2.05, 4.69) is 5.32 Å². The van der Waals surface area contributed by atoms with Crippen LogP contribution in [0.25, 0.3) is 0 Å². The predicted molar refractivity (Wildman–Crippen MR) is 76.3 cm³/mol. The first-order valence-corrected chi connectivity index (χ1v) is 7.72. The van der Waals surface area contributed by atoms with Gasteiger partial charge in [0.15, 0.2) is 5.76 Å². The van der Waals surface area contributed by atoms with Gasteiger partial charge in [-0.1, -0.05) is 13.3 Å². The molecule has 2 N–H and O–H groups in total. The zero-order valence-electron chi connectivity index (χ0n) is 12.2. The predicted octanol–water partition coefficient (Wildman–Crippen LogP) is 2.71. The molecule has 5 nitrogen and oxygen atoms in total. The summed E-state index contributed by atoms with van der Waals surface area (Å²) >= 11 is 0. The highest BCUT2D eigenvalue weighted by atomic mass is 16.4. The van der Waals surface area contributed by atoms with E-state index < -0.39 is 5.97 Å². The van der Waals surface area contributed by atoms with Gasteiger partial charge in [-0.05, 0) is 37.0 Å². The number of carbonyl (C=O) groups excluding carboxylic acids is 1. The standard InChI is InChI=1S/C16H21NO4/c1-2-13-12(16(19)20)7-14(21-13)15(18)17-8-11-6-9-3-4-10(11)5-9/h7,9-11H,2-6,8H2,1H3,(H,17,18)(H,19,20). The van der Waals surface area contributed by atoms with Crippen LogP contribution >= 0.6 is 0 Å². The summed E-state index contributed by atoms with van der Waals surface area (Å²) in [5, 5.41) is 12.0. The van der Waals surface area contributed by atoms with Gasteiger partial charge in [0.2, 0.25) is 0 Å². The summed E-state index contributed by atoms with van der Waals surface area (Å²) in [5.74, 6) is 1.29. The molecule has 1 amide bonds. The van der Waals surface area contributed by atoms with Crippen molar-refractivity contribution in [1.29, 1.82) is 0 Å². The first kappa shape index (κ1) is 14.2. The summed E-state index contributed by atoms with van der Waals surface area (Å²) in [7, 11) is 0. The first-order chi connectivity index (χ1) is 10.1. The molecule has 3 atom stereocenters. The maximum atomic E-state index is 12.1. The van der Waals surface area contributed by atoms with Crippen molar-refractivity contribution >= 4 is 11.9 Å². The van der Waals surface area contributed by atoms with Gasteiger partial charge in [-0.25, -0.2) is 4.79 Å². The van der Waals surface area contributed by atoms with Crippen molar-refractivity contribution in [2.75, 3.05) is 6.54 Å². The third-order valence-electron chi connectivity index (χ3n) is 4.99. The molecule has 114 valence electrons. The molecule has 2 aliphatic carbocycles. The largest absolute Gasteiger partial charge is 0.478 e. The number of nitrogens with one attached hydrogen (secondary N) is 1. The Bertz CT molecular complexity index is 563. The molecule has 0 aliphatic heterocycles. The topological polar surface area (TPSA) is 79.5 Å². The lowest BCUT2D eigenvalue weighted by atomic mass is 9.89. The quantitative estimate of drug-likeness (QED) is 0.874. The van der Waals surface area contributed by atoms with E-state index in [1.54, 1.807) is 0 Å². The molecule has 1 heterocycles. The number of aromatic carboxylic acids is 1. The summed E-state index contributed by atoms with van der Waals surface area (Å²) in [6.45, 7) is 2.48. The minimum atomic E-state index is -1.05. The van der Waals surface area contributed by atoms with Gasteiger partial charge in [0.05, 0.1) is 0 Å². The molecule has 2 aliphatic rings. The molecule has 0 spiro atoms. The number of furan rings is 1. The number of fused-ring (bicyclic) bond motifs is 2. The van der Waals surface area contributed by atoms with E-state index in [0.717, 1.165) is 11.8 Å². The molecular weight excluding hydrogens is 270 g/mol. The van der Waals surface area contributed by atoms with Crippen molar-refractivity contribution < 1.29 is 19.1 Å². The number of hydrogen-bond acceptors (Lipinski definition) is 3. The number of carboxylic acid groups (broad SMARTS) is 1. The van der Waals surface area contributed by atoms with E-state index in [1.807, 2.05) is 6.92 Å². The third-order valence-corrected chi connectivity index (χ3v) is 4.99. The van der Waals surface area contributed by atoms with Gasteiger partial charge in [0.25, 0.3) is 5.91 Å². The van der Waals surface area contributed by atoms with Crippen molar-refractivity contribution in [3.05, 3.63) is 23.2 Å². The molecule has 21 heavy (non-hydrogen) atoms. The average molecular weight is 291 g/mol. The Labute approximate surface area is 123 Å². The Morgan fingerprint density at radius 1 is 1.38 bits per heavy atom. The van der Waals surface area contributed by atoms with E-state index in [1.165, 1.54) is 31.7 Å². The summed E-state index contributed by atoms with van der Waals surface area (Å²) in [5.41, 5.74) is 0.0857. The summed E-state index contributed by atoms with van der Waals surface area (Å²) in [6, 6.07) is 1.33. The lowest BCUT2D eigenvalue weighted by Gasteiger charge is -2.21. The molecule has 0 aromatic carbocycles. The van der Waals surface area contributed by atoms with Gasteiger partial charge >= 0.3 is 5.97 Å². The van der Waals surface area contributed by atoms with Gasteiger partial charge in [0, 0.05) is 19.0 Å². The second-order valence-corrected chi connectivity index (χ2v) is 6.25. The van der Waals surface area contributed by atoms with Crippen LogP contribution in [-0.2, 0) is 6.42 Å². The average Bonchev–Trinajstić information content (AvgIpc) is 3.18. The Kier molecular flexibility index (Phi) is 3.74. The Morgan fingerprint density at radius 2 is 2.19 bits per heavy atom. The molecule has 5 heteroatoms. The van der Waals surface area contributed by atoms with Gasteiger partial charge < -0.3 is 14.8 Å². The van der Waals surface area contributed by atoms with Gasteiger partial charge in [0.1, 0.15) is 11.3 Å². The van der Waals surface area contributed by atoms with Crippen LogP contribution in [0.2, 0.25) is 0 Å². The zero-order valence-corrected chi connectivity index (χ0v) is 12.2. The molecule has 0 radical (unpaired) electrons. The number of hydrogen-bond donors (Lipinski definition) is 2. The third kappa shape index (κ3) is 2.69. The van der Waals surface area contributed by atoms with Crippen molar-refractivity contribution in [2.24, 2.45) is 17.8 Å². The normalized spacial score (nSPS) is 27.0. The molecular formula is C16H21NO4. The molecule has 3 unspecified atom stereocenters. The Balaban J connectivity index is 1.61. The Morgan fingerprint density at radius 3 is 2.71 bits per heavy atom. The summed E-state index contributed by atoms with van der Waals surface area (Å²) < 4.78 is 5.37. The highest BCUT2D eigenvalue weighted by molar-refractivity contribution is 5.96. The van der Waals surface area contributed by atoms with Crippen LogP contribution < -0.4 is 5.32 Å². The fourth-order valence-electron chi connectivity index (χ4n) is 3.92.